The molecule has 0 atom stereocenters. The molecule has 0 spiro atoms. The Balaban J connectivity index is 2.89. The summed E-state index contributed by atoms with van der Waals surface area (Å²) in [6, 6.07) is 3.20. The van der Waals surface area contributed by atoms with E-state index in [9.17, 15) is 18.4 Å². The molecule has 0 aromatic heterocycles. The number of anilines is 1. The number of rotatable bonds is 6. The Hall–Kier alpha value is -2.64. The minimum absolute atomic E-state index is 0.0236. The molecule has 20 heavy (non-hydrogen) atoms. The highest BCUT2D eigenvalue weighted by atomic mass is 19.3. The molecule has 0 aliphatic carbocycles. The second kappa shape index (κ2) is 7.07. The molecule has 0 unspecified atom stereocenters. The van der Waals surface area contributed by atoms with Crippen molar-refractivity contribution in [2.45, 2.75) is 6.61 Å². The lowest BCUT2D eigenvalue weighted by Crippen LogP contribution is -2.14. The van der Waals surface area contributed by atoms with Crippen LogP contribution in [0.3, 0.4) is 0 Å². The van der Waals surface area contributed by atoms with Crippen molar-refractivity contribution in [3.8, 4) is 5.75 Å². The minimum atomic E-state index is -3.15. The molecule has 0 saturated heterocycles. The van der Waals surface area contributed by atoms with Crippen LogP contribution < -0.4 is 10.1 Å². The third-order valence-corrected chi connectivity index (χ3v) is 2.00. The summed E-state index contributed by atoms with van der Waals surface area (Å²) >= 11 is 0. The normalized spacial score (nSPS) is 9.95. The summed E-state index contributed by atoms with van der Waals surface area (Å²) in [4.78, 5) is 22.2. The molecule has 0 saturated carbocycles. The molecule has 6 nitrogen and oxygen atoms in total. The topological polar surface area (TPSA) is 84.9 Å². The number of halogens is 2. The first-order valence-electron chi connectivity index (χ1n) is 5.31. The van der Waals surface area contributed by atoms with Gasteiger partial charge in [-0.3, -0.25) is 5.32 Å². The number of amides is 1. The van der Waals surface area contributed by atoms with Gasteiger partial charge >= 0.3 is 18.7 Å². The van der Waals surface area contributed by atoms with Crippen LogP contribution in [0.2, 0.25) is 0 Å². The predicted octanol–water partition coefficient (Wildman–Crippen LogP) is 2.72. The summed E-state index contributed by atoms with van der Waals surface area (Å²) in [6.07, 6.45) is 0.519. The molecule has 108 valence electrons. The van der Waals surface area contributed by atoms with E-state index in [1.807, 2.05) is 0 Å². The molecule has 2 N–H and O–H groups in total. The van der Waals surface area contributed by atoms with Gasteiger partial charge in [-0.25, -0.2) is 9.59 Å². The molecule has 0 aliphatic rings. The Labute approximate surface area is 112 Å². The van der Waals surface area contributed by atoms with Crippen molar-refractivity contribution in [1.82, 2.24) is 0 Å². The number of carbonyl (C=O) groups is 2. The number of aromatic carboxylic acids is 1. The molecule has 1 aromatic carbocycles. The van der Waals surface area contributed by atoms with Gasteiger partial charge in [0, 0.05) is 5.69 Å². The van der Waals surface area contributed by atoms with Gasteiger partial charge < -0.3 is 14.6 Å². The molecule has 0 fully saturated rings. The van der Waals surface area contributed by atoms with E-state index in [4.69, 9.17) is 5.11 Å². The Morgan fingerprint density at radius 2 is 2.15 bits per heavy atom. The van der Waals surface area contributed by atoms with E-state index in [0.717, 1.165) is 12.1 Å². The van der Waals surface area contributed by atoms with Crippen LogP contribution in [0.15, 0.2) is 30.9 Å². The average Bonchev–Trinajstić information content (AvgIpc) is 2.37. The summed E-state index contributed by atoms with van der Waals surface area (Å²) in [5.41, 5.74) is -0.440. The lowest BCUT2D eigenvalue weighted by Gasteiger charge is -2.10. The molecule has 0 radical (unpaired) electrons. The summed E-state index contributed by atoms with van der Waals surface area (Å²) in [7, 11) is 0. The molecule has 0 heterocycles. The number of hydrogen-bond donors (Lipinski definition) is 2. The van der Waals surface area contributed by atoms with Gasteiger partial charge in [-0.15, -0.1) is 0 Å². The Morgan fingerprint density at radius 1 is 1.45 bits per heavy atom. The third-order valence-electron chi connectivity index (χ3n) is 2.00. The molecule has 1 aromatic rings. The first-order valence-corrected chi connectivity index (χ1v) is 5.31. The SMILES string of the molecule is C=CCOC(=O)Nc1ccc(OC(F)F)c(C(=O)O)c1. The minimum Gasteiger partial charge on any atom is -0.478 e. The van der Waals surface area contributed by atoms with Crippen LogP contribution in [0, 0.1) is 0 Å². The van der Waals surface area contributed by atoms with E-state index in [1.54, 1.807) is 0 Å². The monoisotopic (exact) mass is 287 g/mol. The average molecular weight is 287 g/mol. The van der Waals surface area contributed by atoms with Crippen molar-refractivity contribution in [1.29, 1.82) is 0 Å². The van der Waals surface area contributed by atoms with E-state index in [2.05, 4.69) is 21.4 Å². The number of ether oxygens (including phenoxy) is 2. The van der Waals surface area contributed by atoms with Crippen molar-refractivity contribution in [2.75, 3.05) is 11.9 Å². The summed E-state index contributed by atoms with van der Waals surface area (Å²) in [6.45, 7) is 0.174. The molecule has 8 heteroatoms. The van der Waals surface area contributed by atoms with Crippen LogP contribution in [0.1, 0.15) is 10.4 Å². The quantitative estimate of drug-likeness (QED) is 0.786. The number of carbonyl (C=O) groups excluding carboxylic acids is 1. The fraction of sp³-hybridized carbons (Fsp3) is 0.167. The zero-order valence-electron chi connectivity index (χ0n) is 10.1. The van der Waals surface area contributed by atoms with Gasteiger partial charge in [0.25, 0.3) is 0 Å². The molecule has 0 bridgehead atoms. The second-order valence-electron chi connectivity index (χ2n) is 3.41. The first-order chi connectivity index (χ1) is 9.43. The first kappa shape index (κ1) is 15.4. The van der Waals surface area contributed by atoms with Gasteiger partial charge in [-0.1, -0.05) is 12.7 Å². The van der Waals surface area contributed by atoms with Crippen molar-refractivity contribution < 1.29 is 33.0 Å². The van der Waals surface area contributed by atoms with E-state index in [-0.39, 0.29) is 12.3 Å². The molecular formula is C12H11F2NO5. The van der Waals surface area contributed by atoms with Crippen LogP contribution in [0.25, 0.3) is 0 Å². The summed E-state index contributed by atoms with van der Waals surface area (Å²) < 4.78 is 32.9. The van der Waals surface area contributed by atoms with Crippen molar-refractivity contribution in [3.63, 3.8) is 0 Å². The molecule has 0 aliphatic heterocycles. The molecular weight excluding hydrogens is 276 g/mol. The van der Waals surface area contributed by atoms with Crippen LogP contribution in [-0.2, 0) is 4.74 Å². The zero-order valence-corrected chi connectivity index (χ0v) is 10.1. The lowest BCUT2D eigenvalue weighted by molar-refractivity contribution is -0.0503. The van der Waals surface area contributed by atoms with Crippen molar-refractivity contribution in [2.24, 2.45) is 0 Å². The number of nitrogens with one attached hydrogen (secondary N) is 1. The van der Waals surface area contributed by atoms with E-state index >= 15 is 0 Å². The zero-order chi connectivity index (χ0) is 15.1. The lowest BCUT2D eigenvalue weighted by atomic mass is 10.2. The van der Waals surface area contributed by atoms with E-state index in [1.165, 1.54) is 12.1 Å². The van der Waals surface area contributed by atoms with Gasteiger partial charge in [0.05, 0.1) is 0 Å². The van der Waals surface area contributed by atoms with Crippen LogP contribution in [0.4, 0.5) is 19.3 Å². The smallest absolute Gasteiger partial charge is 0.411 e. The summed E-state index contributed by atoms with van der Waals surface area (Å²) in [5, 5.41) is 11.1. The van der Waals surface area contributed by atoms with Gasteiger partial charge in [0.15, 0.2) is 0 Å². The van der Waals surface area contributed by atoms with E-state index in [0.29, 0.717) is 0 Å². The Kier molecular flexibility index (Phi) is 5.45. The molecule has 1 rings (SSSR count). The van der Waals surface area contributed by atoms with Gasteiger partial charge in [-0.05, 0) is 18.2 Å². The highest BCUT2D eigenvalue weighted by molar-refractivity contribution is 5.94. The van der Waals surface area contributed by atoms with Crippen LogP contribution in [0.5, 0.6) is 5.75 Å². The fourth-order valence-corrected chi connectivity index (χ4v) is 1.26. The third kappa shape index (κ3) is 4.56. The largest absolute Gasteiger partial charge is 0.478 e. The highest BCUT2D eigenvalue weighted by Crippen LogP contribution is 2.24. The predicted molar refractivity (Wildman–Crippen MR) is 65.2 cm³/mol. The maximum absolute atomic E-state index is 12.1. The second-order valence-corrected chi connectivity index (χ2v) is 3.41. The maximum Gasteiger partial charge on any atom is 0.411 e. The number of hydrogen-bond acceptors (Lipinski definition) is 4. The molecule has 1 amide bonds. The number of benzene rings is 1. The van der Waals surface area contributed by atoms with Crippen molar-refractivity contribution in [3.05, 3.63) is 36.4 Å². The Bertz CT molecular complexity index is 519. The highest BCUT2D eigenvalue weighted by Gasteiger charge is 2.16. The fourth-order valence-electron chi connectivity index (χ4n) is 1.26. The van der Waals surface area contributed by atoms with Crippen LogP contribution in [-0.4, -0.2) is 30.4 Å². The number of carboxylic acid groups (broad SMARTS) is 1. The van der Waals surface area contributed by atoms with Gasteiger partial charge in [-0.2, -0.15) is 8.78 Å². The van der Waals surface area contributed by atoms with Gasteiger partial charge in [0.1, 0.15) is 17.9 Å². The number of alkyl halides is 2. The van der Waals surface area contributed by atoms with Gasteiger partial charge in [0.2, 0.25) is 0 Å². The van der Waals surface area contributed by atoms with Crippen molar-refractivity contribution >= 4 is 17.7 Å². The van der Waals surface area contributed by atoms with E-state index < -0.39 is 30.0 Å². The maximum atomic E-state index is 12.1. The standard InChI is InChI=1S/C12H11F2NO5/c1-2-5-19-12(18)15-7-3-4-9(20-11(13)14)8(6-7)10(16)17/h2-4,6,11H,1,5H2,(H,15,18)(H,16,17). The number of carboxylic acids is 1. The Morgan fingerprint density at radius 3 is 2.70 bits per heavy atom. The summed E-state index contributed by atoms with van der Waals surface area (Å²) in [5.74, 6) is -1.97. The van der Waals surface area contributed by atoms with Crippen LogP contribution >= 0.6 is 0 Å².